The molecule has 1 amide bonds. The summed E-state index contributed by atoms with van der Waals surface area (Å²) in [6, 6.07) is 5.65. The molecule has 0 saturated carbocycles. The molecule has 0 saturated heterocycles. The van der Waals surface area contributed by atoms with Crippen molar-refractivity contribution < 1.29 is 9.90 Å². The highest BCUT2D eigenvalue weighted by molar-refractivity contribution is 5.78. The molecule has 0 aliphatic carbocycles. The van der Waals surface area contributed by atoms with Crippen molar-refractivity contribution in [2.24, 2.45) is 0 Å². The van der Waals surface area contributed by atoms with Crippen LogP contribution in [0, 0.1) is 0 Å². The second-order valence-corrected chi connectivity index (χ2v) is 5.56. The Hall–Kier alpha value is -2.21. The molecule has 3 heterocycles. The third kappa shape index (κ3) is 3.01. The summed E-state index contributed by atoms with van der Waals surface area (Å²) in [5.41, 5.74) is 2.60. The van der Waals surface area contributed by atoms with Crippen LogP contribution in [0.15, 0.2) is 30.6 Å². The van der Waals surface area contributed by atoms with Gasteiger partial charge in [0, 0.05) is 18.9 Å². The number of nitrogens with zero attached hydrogens (tertiary/aromatic N) is 4. The quantitative estimate of drug-likeness (QED) is 0.924. The van der Waals surface area contributed by atoms with E-state index in [2.05, 4.69) is 10.1 Å². The van der Waals surface area contributed by atoms with Gasteiger partial charge in [-0.05, 0) is 24.1 Å². The van der Waals surface area contributed by atoms with E-state index < -0.39 is 6.10 Å². The number of carbonyl (C=O) groups excluding carboxylic acids is 1. The molecule has 0 spiro atoms. The number of hydrogen-bond acceptors (Lipinski definition) is 4. The maximum atomic E-state index is 12.4. The number of pyridine rings is 1. The third-order valence-corrected chi connectivity index (χ3v) is 3.98. The molecule has 22 heavy (non-hydrogen) atoms. The van der Waals surface area contributed by atoms with Crippen LogP contribution in [0.5, 0.6) is 0 Å². The second kappa shape index (κ2) is 6.27. The van der Waals surface area contributed by atoms with E-state index in [9.17, 15) is 9.90 Å². The number of amides is 1. The Bertz CT molecular complexity index is 653. The molecule has 0 unspecified atom stereocenters. The molecule has 1 N–H and O–H groups in total. The molecule has 3 rings (SSSR count). The Labute approximate surface area is 129 Å². The summed E-state index contributed by atoms with van der Waals surface area (Å²) in [5.74, 6) is 0.0954. The van der Waals surface area contributed by atoms with Crippen LogP contribution >= 0.6 is 0 Å². The standard InChI is InChI=1S/C16H20N4O2/c1-2-15(21)14-9-13-11-19(6-7-20(13)18-14)16(22)8-12-4-3-5-17-10-12/h3-5,9-10,15,21H,2,6-8,11H2,1H3/t15-/m0/s1. The summed E-state index contributed by atoms with van der Waals surface area (Å²) in [4.78, 5) is 18.3. The predicted molar refractivity (Wildman–Crippen MR) is 80.8 cm³/mol. The van der Waals surface area contributed by atoms with Crippen LogP contribution in [0.1, 0.15) is 36.4 Å². The molecule has 0 bridgehead atoms. The molecule has 2 aromatic rings. The number of carbonyl (C=O) groups is 1. The molecule has 1 aliphatic heterocycles. The van der Waals surface area contributed by atoms with E-state index in [1.807, 2.05) is 34.7 Å². The average molecular weight is 300 g/mol. The van der Waals surface area contributed by atoms with E-state index in [0.29, 0.717) is 38.2 Å². The highest BCUT2D eigenvalue weighted by Crippen LogP contribution is 2.20. The molecular weight excluding hydrogens is 280 g/mol. The van der Waals surface area contributed by atoms with Gasteiger partial charge in [0.05, 0.1) is 37.0 Å². The highest BCUT2D eigenvalue weighted by atomic mass is 16.3. The smallest absolute Gasteiger partial charge is 0.227 e. The molecule has 2 aromatic heterocycles. The van der Waals surface area contributed by atoms with E-state index in [1.54, 1.807) is 12.4 Å². The van der Waals surface area contributed by atoms with Crippen LogP contribution in [0.25, 0.3) is 0 Å². The van der Waals surface area contributed by atoms with Gasteiger partial charge in [-0.25, -0.2) is 0 Å². The lowest BCUT2D eigenvalue weighted by molar-refractivity contribution is -0.132. The van der Waals surface area contributed by atoms with Gasteiger partial charge in [0.2, 0.25) is 5.91 Å². The molecule has 116 valence electrons. The van der Waals surface area contributed by atoms with Crippen molar-refractivity contribution in [1.82, 2.24) is 19.7 Å². The van der Waals surface area contributed by atoms with Crippen LogP contribution in [0.2, 0.25) is 0 Å². The summed E-state index contributed by atoms with van der Waals surface area (Å²) in [7, 11) is 0. The lowest BCUT2D eigenvalue weighted by Gasteiger charge is -2.27. The molecule has 0 fully saturated rings. The Morgan fingerprint density at radius 2 is 2.32 bits per heavy atom. The van der Waals surface area contributed by atoms with Crippen LogP contribution in [-0.4, -0.2) is 37.2 Å². The van der Waals surface area contributed by atoms with E-state index in [1.165, 1.54) is 0 Å². The van der Waals surface area contributed by atoms with Gasteiger partial charge in [-0.2, -0.15) is 5.10 Å². The SMILES string of the molecule is CC[C@H](O)c1cc2n(n1)CCN(C(=O)Cc1cccnc1)C2. The molecule has 1 atom stereocenters. The first kappa shape index (κ1) is 14.7. The van der Waals surface area contributed by atoms with Crippen LogP contribution in [0.4, 0.5) is 0 Å². The highest BCUT2D eigenvalue weighted by Gasteiger charge is 2.23. The van der Waals surface area contributed by atoms with Gasteiger partial charge in [-0.1, -0.05) is 13.0 Å². The summed E-state index contributed by atoms with van der Waals surface area (Å²) < 4.78 is 1.89. The maximum Gasteiger partial charge on any atom is 0.227 e. The lowest BCUT2D eigenvalue weighted by atomic mass is 10.1. The van der Waals surface area contributed by atoms with Crippen molar-refractivity contribution >= 4 is 5.91 Å². The number of hydrogen-bond donors (Lipinski definition) is 1. The number of rotatable bonds is 4. The first-order valence-electron chi connectivity index (χ1n) is 7.58. The number of aliphatic hydroxyl groups is 1. The largest absolute Gasteiger partial charge is 0.387 e. The molecule has 6 nitrogen and oxygen atoms in total. The monoisotopic (exact) mass is 300 g/mol. The minimum atomic E-state index is -0.530. The molecule has 0 aromatic carbocycles. The molecule has 1 aliphatic rings. The predicted octanol–water partition coefficient (Wildman–Crippen LogP) is 1.31. The normalized spacial score (nSPS) is 15.5. The van der Waals surface area contributed by atoms with Crippen molar-refractivity contribution in [3.05, 3.63) is 47.5 Å². The van der Waals surface area contributed by atoms with Gasteiger partial charge in [0.1, 0.15) is 0 Å². The topological polar surface area (TPSA) is 71.2 Å². The van der Waals surface area contributed by atoms with Crippen LogP contribution in [-0.2, 0) is 24.3 Å². The van der Waals surface area contributed by atoms with Crippen LogP contribution in [0.3, 0.4) is 0 Å². The summed E-state index contributed by atoms with van der Waals surface area (Å²) in [6.45, 7) is 3.79. The van der Waals surface area contributed by atoms with Crippen LogP contribution < -0.4 is 0 Å². The Morgan fingerprint density at radius 1 is 1.45 bits per heavy atom. The van der Waals surface area contributed by atoms with Crippen molar-refractivity contribution in [2.75, 3.05) is 6.54 Å². The van der Waals surface area contributed by atoms with E-state index >= 15 is 0 Å². The fourth-order valence-corrected chi connectivity index (χ4v) is 2.66. The summed E-state index contributed by atoms with van der Waals surface area (Å²) in [6.07, 6.45) is 3.90. The fourth-order valence-electron chi connectivity index (χ4n) is 2.66. The van der Waals surface area contributed by atoms with Crippen molar-refractivity contribution in [3.8, 4) is 0 Å². The van der Waals surface area contributed by atoms with Crippen molar-refractivity contribution in [2.45, 2.75) is 39.0 Å². The minimum Gasteiger partial charge on any atom is -0.387 e. The second-order valence-electron chi connectivity index (χ2n) is 5.56. The number of aliphatic hydroxyl groups excluding tert-OH is 1. The summed E-state index contributed by atoms with van der Waals surface area (Å²) in [5, 5.41) is 14.3. The minimum absolute atomic E-state index is 0.0954. The Balaban J connectivity index is 1.68. The van der Waals surface area contributed by atoms with Gasteiger partial charge >= 0.3 is 0 Å². The number of aromatic nitrogens is 3. The fraction of sp³-hybridized carbons (Fsp3) is 0.438. The molecule has 6 heteroatoms. The zero-order chi connectivity index (χ0) is 15.5. The maximum absolute atomic E-state index is 12.4. The molecule has 0 radical (unpaired) electrons. The van der Waals surface area contributed by atoms with Gasteiger partial charge in [0.15, 0.2) is 0 Å². The average Bonchev–Trinajstić information content (AvgIpc) is 2.98. The lowest BCUT2D eigenvalue weighted by Crippen LogP contribution is -2.39. The zero-order valence-corrected chi connectivity index (χ0v) is 12.6. The first-order chi connectivity index (χ1) is 10.7. The third-order valence-electron chi connectivity index (χ3n) is 3.98. The van der Waals surface area contributed by atoms with Crippen molar-refractivity contribution in [1.29, 1.82) is 0 Å². The van der Waals surface area contributed by atoms with Gasteiger partial charge < -0.3 is 10.0 Å². The Morgan fingerprint density at radius 3 is 3.05 bits per heavy atom. The van der Waals surface area contributed by atoms with Gasteiger partial charge in [-0.15, -0.1) is 0 Å². The van der Waals surface area contributed by atoms with Crippen molar-refractivity contribution in [3.63, 3.8) is 0 Å². The Kier molecular flexibility index (Phi) is 4.20. The van der Waals surface area contributed by atoms with Gasteiger partial charge in [-0.3, -0.25) is 14.5 Å². The van der Waals surface area contributed by atoms with E-state index in [0.717, 1.165) is 11.3 Å². The van der Waals surface area contributed by atoms with E-state index in [4.69, 9.17) is 0 Å². The summed E-state index contributed by atoms with van der Waals surface area (Å²) >= 11 is 0. The first-order valence-corrected chi connectivity index (χ1v) is 7.58. The molecular formula is C16H20N4O2. The van der Waals surface area contributed by atoms with Gasteiger partial charge in [0.25, 0.3) is 0 Å². The van der Waals surface area contributed by atoms with E-state index in [-0.39, 0.29) is 5.91 Å². The zero-order valence-electron chi connectivity index (χ0n) is 12.6. The number of fused-ring (bicyclic) bond motifs is 1.